The van der Waals surface area contributed by atoms with Gasteiger partial charge in [-0.25, -0.2) is 5.56 Å². The third-order valence-electron chi connectivity index (χ3n) is 14.0. The van der Waals surface area contributed by atoms with Gasteiger partial charge in [0.25, 0.3) is 0 Å². The van der Waals surface area contributed by atoms with Gasteiger partial charge in [0.05, 0.1) is 5.69 Å². The molecule has 0 amide bonds. The van der Waals surface area contributed by atoms with Crippen molar-refractivity contribution in [3.63, 3.8) is 0 Å². The summed E-state index contributed by atoms with van der Waals surface area (Å²) in [5, 5.41) is 5.90. The summed E-state index contributed by atoms with van der Waals surface area (Å²) in [6, 6.07) is 82.1. The molecule has 2 aromatic heterocycles. The molecule has 0 fully saturated rings. The summed E-state index contributed by atoms with van der Waals surface area (Å²) in [5.74, 6) is 0. The maximum absolute atomic E-state index is 16.4. The molecule has 0 aliphatic heterocycles. The Hall–Kier alpha value is -6.87. The Bertz CT molecular complexity index is 3740. The molecule has 0 unspecified atom stereocenters. The van der Waals surface area contributed by atoms with Gasteiger partial charge >= 0.3 is 22.4 Å². The van der Waals surface area contributed by atoms with Crippen molar-refractivity contribution in [3.8, 4) is 44.8 Å². The normalized spacial score (nSPS) is 12.2. The zero-order valence-corrected chi connectivity index (χ0v) is 46.2. The first-order chi connectivity index (χ1) is 35.2. The minimum atomic E-state index is -3.52. The van der Waals surface area contributed by atoms with Crippen LogP contribution in [0.2, 0.25) is 0 Å². The molecule has 0 aliphatic carbocycles. The number of aromatic nitrogens is 2. The molecule has 9 aromatic carbocycles. The average molecular weight is 1180 g/mol. The summed E-state index contributed by atoms with van der Waals surface area (Å²) in [7, 11) is -6.88. The van der Waals surface area contributed by atoms with E-state index in [0.29, 0.717) is 21.8 Å². The van der Waals surface area contributed by atoms with Gasteiger partial charge in [0, 0.05) is 37.5 Å². The summed E-state index contributed by atoms with van der Waals surface area (Å²) in [5.41, 5.74) is 10.9. The van der Waals surface area contributed by atoms with Crippen LogP contribution in [0.5, 0.6) is 0 Å². The predicted molar refractivity (Wildman–Crippen MR) is 308 cm³/mol. The van der Waals surface area contributed by atoms with Crippen LogP contribution < -0.4 is 36.8 Å². The Morgan fingerprint density at radius 3 is 1.45 bits per heavy atom. The second kappa shape index (κ2) is 20.1. The van der Waals surface area contributed by atoms with E-state index in [2.05, 4.69) is 114 Å². The van der Waals surface area contributed by atoms with Crippen LogP contribution in [0.1, 0.15) is 52.7 Å². The van der Waals surface area contributed by atoms with E-state index in [9.17, 15) is 0 Å². The molecule has 0 N–H and O–H groups in total. The third kappa shape index (κ3) is 9.48. The first kappa shape index (κ1) is 50.7. The molecule has 11 aromatic rings. The number of hydrogen-bond acceptors (Lipinski definition) is 3. The smallest absolute Gasteiger partial charge is 0.656 e. The zero-order valence-electron chi connectivity index (χ0n) is 42.3. The van der Waals surface area contributed by atoms with Crippen molar-refractivity contribution in [2.45, 2.75) is 52.4 Å². The summed E-state index contributed by atoms with van der Waals surface area (Å²) in [6.07, 6.45) is 0. The van der Waals surface area contributed by atoms with Gasteiger partial charge in [-0.3, -0.25) is 4.98 Å². The van der Waals surface area contributed by atoms with E-state index in [-0.39, 0.29) is 33.2 Å². The van der Waals surface area contributed by atoms with Gasteiger partial charge in [0.1, 0.15) is 0 Å². The van der Waals surface area contributed by atoms with Gasteiger partial charge in [-0.05, 0) is 62.6 Å². The molecule has 74 heavy (non-hydrogen) atoms. The Labute approximate surface area is 451 Å². The van der Waals surface area contributed by atoms with E-state index >= 15 is 9.13 Å². The molecule has 0 radical (unpaired) electrons. The molecular formula is C67H55AuN2O2P2. The first-order valence-electron chi connectivity index (χ1n) is 24.8. The molecule has 0 atom stereocenters. The number of benzene rings is 9. The molecule has 7 heteroatoms. The van der Waals surface area contributed by atoms with Crippen LogP contribution in [-0.4, -0.2) is 4.98 Å². The largest absolute Gasteiger partial charge is 3.00 e. The van der Waals surface area contributed by atoms with Crippen LogP contribution in [0.4, 0.5) is 0 Å². The second-order valence-corrected chi connectivity index (χ2v) is 26.5. The standard InChI is InChI=1S/C67H55N2O2P2.Au/c1-66(2,3)51-34-30-46(31-35-51)48-40-49(47-32-36-52(37-33-47)67(4,5)6)42-50(41-48)62-28-19-29-63(68-62)61-45-58(73(71,55-24-15-9-16-25-55)56-26-17-10-18-27-56)44-60-59-43-57(38-39-64(59)69-65(60)61)72(70,53-20-11-7-12-21-53)54-22-13-8-14-23-54;/h7-32,34-41,43-45H,1-6H3;/q-3;+3. The average Bonchev–Trinajstić information content (AvgIpc) is 3.81. The first-order valence-corrected chi connectivity index (χ1v) is 28.3. The maximum atomic E-state index is 16.4. The quantitative estimate of drug-likeness (QED) is 0.0778. The van der Waals surface area contributed by atoms with Gasteiger partial charge in [0.15, 0.2) is 14.3 Å². The molecule has 11 rings (SSSR count). The number of nitrogens with zero attached hydrogens (tertiary/aromatic N) is 2. The van der Waals surface area contributed by atoms with Crippen LogP contribution in [-0.2, 0) is 42.3 Å². The Kier molecular flexibility index (Phi) is 13.8. The van der Waals surface area contributed by atoms with Crippen LogP contribution in [0, 0.1) is 12.1 Å². The van der Waals surface area contributed by atoms with Gasteiger partial charge in [-0.15, -0.1) is 34.3 Å². The summed E-state index contributed by atoms with van der Waals surface area (Å²) in [6.45, 7) is 13.3. The van der Waals surface area contributed by atoms with Crippen molar-refractivity contribution >= 4 is 67.9 Å². The van der Waals surface area contributed by atoms with Crippen LogP contribution in [0.15, 0.2) is 224 Å². The Balaban J connectivity index is 0.00000626. The number of pyridine rings is 1. The van der Waals surface area contributed by atoms with Gasteiger partial charge in [0.2, 0.25) is 0 Å². The molecule has 2 heterocycles. The zero-order chi connectivity index (χ0) is 50.5. The van der Waals surface area contributed by atoms with Gasteiger partial charge in [-0.2, -0.15) is 35.9 Å². The fourth-order valence-corrected chi connectivity index (χ4v) is 15.3. The van der Waals surface area contributed by atoms with E-state index in [4.69, 9.17) is 9.97 Å². The fourth-order valence-electron chi connectivity index (χ4n) is 9.90. The molecule has 0 spiro atoms. The second-order valence-electron chi connectivity index (χ2n) is 20.9. The fraction of sp³-hybridized carbons (Fsp3) is 0.119. The van der Waals surface area contributed by atoms with Crippen LogP contribution in [0.25, 0.3) is 66.6 Å². The SMILES string of the molecule is CC(C)(C)c1c[c-]c(-c2[c-]c(-c3cccc(-c4cc(P(=O)(c5ccccc5)c5ccccc5)cc5c4[n-]c4ccc(P(=O)(c6ccccc6)c6ccccc6)cc45)n3)cc(-c3ccc(C(C)(C)C)cc3)c2)cc1.[Au+3]. The number of fused-ring (bicyclic) bond motifs is 3. The van der Waals surface area contributed by atoms with Crippen molar-refractivity contribution in [1.29, 1.82) is 0 Å². The number of rotatable bonds is 10. The van der Waals surface area contributed by atoms with Crippen molar-refractivity contribution in [2.24, 2.45) is 0 Å². The van der Waals surface area contributed by atoms with E-state index in [1.807, 2.05) is 164 Å². The van der Waals surface area contributed by atoms with E-state index in [1.54, 1.807) is 0 Å². The van der Waals surface area contributed by atoms with Crippen molar-refractivity contribution in [1.82, 2.24) is 9.97 Å². The molecule has 0 aliphatic rings. The Morgan fingerprint density at radius 1 is 0.419 bits per heavy atom. The van der Waals surface area contributed by atoms with Crippen molar-refractivity contribution < 1.29 is 31.5 Å². The van der Waals surface area contributed by atoms with Gasteiger partial charge in [-0.1, -0.05) is 217 Å². The minimum absolute atomic E-state index is 0. The van der Waals surface area contributed by atoms with Crippen LogP contribution in [0.3, 0.4) is 0 Å². The number of hydrogen-bond donors (Lipinski definition) is 0. The van der Waals surface area contributed by atoms with Crippen molar-refractivity contribution in [3.05, 3.63) is 248 Å². The van der Waals surface area contributed by atoms with E-state index < -0.39 is 14.3 Å². The molecule has 0 bridgehead atoms. The summed E-state index contributed by atoms with van der Waals surface area (Å²) >= 11 is 0. The molecule has 0 saturated carbocycles. The van der Waals surface area contributed by atoms with E-state index in [1.165, 1.54) is 11.1 Å². The third-order valence-corrected chi connectivity index (χ3v) is 20.1. The van der Waals surface area contributed by atoms with E-state index in [0.717, 1.165) is 76.6 Å². The monoisotopic (exact) mass is 1180 g/mol. The minimum Gasteiger partial charge on any atom is -0.656 e. The van der Waals surface area contributed by atoms with Gasteiger partial charge < -0.3 is 14.1 Å². The maximum Gasteiger partial charge on any atom is 3.00 e. The Morgan fingerprint density at radius 2 is 0.919 bits per heavy atom. The molecular weight excluding hydrogens is 1120 g/mol. The predicted octanol–water partition coefficient (Wildman–Crippen LogP) is 14.5. The van der Waals surface area contributed by atoms with Crippen LogP contribution >= 0.6 is 14.3 Å². The molecule has 0 saturated heterocycles. The van der Waals surface area contributed by atoms with Crippen molar-refractivity contribution in [2.75, 3.05) is 0 Å². The summed E-state index contributed by atoms with van der Waals surface area (Å²) in [4.78, 5) is 10.8. The summed E-state index contributed by atoms with van der Waals surface area (Å²) < 4.78 is 32.2. The molecule has 366 valence electrons. The topological polar surface area (TPSA) is 61.1 Å². The molecule has 4 nitrogen and oxygen atoms in total.